The first-order valence-electron chi connectivity index (χ1n) is 9.92. The summed E-state index contributed by atoms with van der Waals surface area (Å²) in [5.74, 6) is 1.27. The zero-order valence-corrected chi connectivity index (χ0v) is 16.4. The number of fused-ring (bicyclic) bond motifs is 1. The van der Waals surface area contributed by atoms with E-state index < -0.39 is 0 Å². The number of unbranched alkanes of at least 4 members (excludes halogenated alkanes) is 2. The standard InChI is InChI=1S/C22H28N4O2/c1-2-3-12-19-24-20-18(11-7-8-13-27)14-26(21(20)22(23)25-19)16-28-15-17-9-5-4-6-10-17/h4-6,9-10,13-14H,2-3,7-8,11-12,15-16H2,1H3,(H2,23,24,25). The van der Waals surface area contributed by atoms with E-state index in [1.165, 1.54) is 0 Å². The molecule has 2 aromatic heterocycles. The van der Waals surface area contributed by atoms with E-state index in [1.807, 2.05) is 41.1 Å². The number of nitrogens with two attached hydrogens (primary N) is 1. The minimum absolute atomic E-state index is 0.376. The Hall–Kier alpha value is -2.73. The molecule has 0 aliphatic carbocycles. The van der Waals surface area contributed by atoms with Crippen molar-refractivity contribution in [2.45, 2.75) is 58.8 Å². The Morgan fingerprint density at radius 3 is 2.71 bits per heavy atom. The van der Waals surface area contributed by atoms with E-state index in [-0.39, 0.29) is 0 Å². The Morgan fingerprint density at radius 1 is 1.14 bits per heavy atom. The lowest BCUT2D eigenvalue weighted by atomic mass is 10.1. The van der Waals surface area contributed by atoms with Crippen LogP contribution in [0.2, 0.25) is 0 Å². The number of aryl methyl sites for hydroxylation is 2. The van der Waals surface area contributed by atoms with E-state index in [2.05, 4.69) is 11.9 Å². The number of aromatic nitrogens is 3. The lowest BCUT2D eigenvalue weighted by molar-refractivity contribution is -0.107. The number of anilines is 1. The summed E-state index contributed by atoms with van der Waals surface area (Å²) in [5.41, 5.74) is 10.2. The predicted octanol–water partition coefficient (Wildman–Crippen LogP) is 4.05. The minimum atomic E-state index is 0.376. The summed E-state index contributed by atoms with van der Waals surface area (Å²) in [7, 11) is 0. The Balaban J connectivity index is 1.84. The maximum absolute atomic E-state index is 10.7. The van der Waals surface area contributed by atoms with Crippen molar-refractivity contribution in [1.29, 1.82) is 0 Å². The molecule has 0 radical (unpaired) electrons. The summed E-state index contributed by atoms with van der Waals surface area (Å²) in [6, 6.07) is 10.1. The van der Waals surface area contributed by atoms with Gasteiger partial charge in [-0.15, -0.1) is 0 Å². The molecule has 148 valence electrons. The Kier molecular flexibility index (Phi) is 7.14. The van der Waals surface area contributed by atoms with E-state index in [1.54, 1.807) is 0 Å². The first-order valence-corrected chi connectivity index (χ1v) is 9.92. The zero-order valence-electron chi connectivity index (χ0n) is 16.4. The van der Waals surface area contributed by atoms with Crippen LogP contribution >= 0.6 is 0 Å². The minimum Gasteiger partial charge on any atom is -0.382 e. The van der Waals surface area contributed by atoms with Gasteiger partial charge in [-0.3, -0.25) is 0 Å². The van der Waals surface area contributed by atoms with Crippen molar-refractivity contribution in [3.63, 3.8) is 0 Å². The fourth-order valence-corrected chi connectivity index (χ4v) is 3.28. The Morgan fingerprint density at radius 2 is 1.96 bits per heavy atom. The number of carbonyl (C=O) groups excluding carboxylic acids is 1. The average Bonchev–Trinajstić information content (AvgIpc) is 3.05. The molecule has 28 heavy (non-hydrogen) atoms. The summed E-state index contributed by atoms with van der Waals surface area (Å²) in [5, 5.41) is 0. The molecule has 3 aromatic rings. The molecule has 2 heterocycles. The quantitative estimate of drug-likeness (QED) is 0.401. The van der Waals surface area contributed by atoms with Gasteiger partial charge in [-0.2, -0.15) is 0 Å². The van der Waals surface area contributed by atoms with Gasteiger partial charge in [0.05, 0.1) is 12.1 Å². The van der Waals surface area contributed by atoms with E-state index in [9.17, 15) is 4.79 Å². The van der Waals surface area contributed by atoms with Crippen LogP contribution in [-0.2, 0) is 35.7 Å². The number of hydrogen-bond donors (Lipinski definition) is 1. The number of aldehydes is 1. The SMILES string of the molecule is CCCCc1nc(N)c2c(n1)c(CCCC=O)cn2COCc1ccccc1. The Labute approximate surface area is 165 Å². The maximum atomic E-state index is 10.7. The third-order valence-corrected chi connectivity index (χ3v) is 4.72. The van der Waals surface area contributed by atoms with Gasteiger partial charge in [-0.1, -0.05) is 43.7 Å². The van der Waals surface area contributed by atoms with Crippen molar-refractivity contribution in [1.82, 2.24) is 14.5 Å². The molecule has 1 aromatic carbocycles. The summed E-state index contributed by atoms with van der Waals surface area (Å²) >= 11 is 0. The topological polar surface area (TPSA) is 83.0 Å². The molecule has 0 spiro atoms. The smallest absolute Gasteiger partial charge is 0.151 e. The van der Waals surface area contributed by atoms with Crippen LogP contribution in [0.4, 0.5) is 5.82 Å². The van der Waals surface area contributed by atoms with Crippen LogP contribution in [0.3, 0.4) is 0 Å². The third kappa shape index (κ3) is 4.95. The van der Waals surface area contributed by atoms with Gasteiger partial charge < -0.3 is 19.8 Å². The largest absolute Gasteiger partial charge is 0.382 e. The summed E-state index contributed by atoms with van der Waals surface area (Å²) in [6.45, 7) is 3.05. The molecule has 0 saturated carbocycles. The average molecular weight is 380 g/mol. The van der Waals surface area contributed by atoms with Gasteiger partial charge in [-0.25, -0.2) is 9.97 Å². The van der Waals surface area contributed by atoms with Crippen LogP contribution in [-0.4, -0.2) is 20.8 Å². The van der Waals surface area contributed by atoms with Crippen LogP contribution in [0.15, 0.2) is 36.5 Å². The molecule has 2 N–H and O–H groups in total. The van der Waals surface area contributed by atoms with Crippen LogP contribution in [0, 0.1) is 0 Å². The van der Waals surface area contributed by atoms with Crippen molar-refractivity contribution in [2.75, 3.05) is 5.73 Å². The summed E-state index contributed by atoms with van der Waals surface area (Å²) in [4.78, 5) is 20.0. The van der Waals surface area contributed by atoms with E-state index >= 15 is 0 Å². The number of rotatable bonds is 11. The predicted molar refractivity (Wildman–Crippen MR) is 111 cm³/mol. The number of nitrogens with zero attached hydrogens (tertiary/aromatic N) is 3. The highest BCUT2D eigenvalue weighted by Crippen LogP contribution is 2.26. The normalized spacial score (nSPS) is 11.2. The second-order valence-electron chi connectivity index (χ2n) is 6.97. The zero-order chi connectivity index (χ0) is 19.8. The van der Waals surface area contributed by atoms with Crippen LogP contribution in [0.5, 0.6) is 0 Å². The van der Waals surface area contributed by atoms with Crippen molar-refractivity contribution in [3.05, 3.63) is 53.5 Å². The molecule has 0 saturated heterocycles. The third-order valence-electron chi connectivity index (χ3n) is 4.72. The molecule has 0 unspecified atom stereocenters. The monoisotopic (exact) mass is 380 g/mol. The van der Waals surface area contributed by atoms with Gasteiger partial charge in [0.15, 0.2) is 5.82 Å². The molecular formula is C22H28N4O2. The fourth-order valence-electron chi connectivity index (χ4n) is 3.28. The molecule has 6 heteroatoms. The highest BCUT2D eigenvalue weighted by Gasteiger charge is 2.15. The molecular weight excluding hydrogens is 352 g/mol. The molecule has 0 amide bonds. The van der Waals surface area contributed by atoms with E-state index in [4.69, 9.17) is 15.5 Å². The lowest BCUT2D eigenvalue weighted by Gasteiger charge is -2.09. The van der Waals surface area contributed by atoms with Gasteiger partial charge in [0.2, 0.25) is 0 Å². The lowest BCUT2D eigenvalue weighted by Crippen LogP contribution is -2.06. The Bertz CT molecular complexity index is 906. The molecule has 3 rings (SSSR count). The second-order valence-corrected chi connectivity index (χ2v) is 6.97. The molecule has 0 bridgehead atoms. The molecule has 6 nitrogen and oxygen atoms in total. The summed E-state index contributed by atoms with van der Waals surface area (Å²) in [6.07, 6.45) is 8.05. The van der Waals surface area contributed by atoms with Gasteiger partial charge in [-0.05, 0) is 30.4 Å². The van der Waals surface area contributed by atoms with Crippen molar-refractivity contribution >= 4 is 23.1 Å². The van der Waals surface area contributed by atoms with Gasteiger partial charge in [0.1, 0.15) is 24.4 Å². The number of hydrogen-bond acceptors (Lipinski definition) is 5. The number of carbonyl (C=O) groups is 1. The van der Waals surface area contributed by atoms with Crippen LogP contribution in [0.25, 0.3) is 11.0 Å². The number of benzene rings is 1. The highest BCUT2D eigenvalue weighted by atomic mass is 16.5. The van der Waals surface area contributed by atoms with Crippen LogP contribution < -0.4 is 5.73 Å². The van der Waals surface area contributed by atoms with E-state index in [0.717, 1.165) is 66.4 Å². The van der Waals surface area contributed by atoms with Gasteiger partial charge >= 0.3 is 0 Å². The van der Waals surface area contributed by atoms with Gasteiger partial charge in [0.25, 0.3) is 0 Å². The maximum Gasteiger partial charge on any atom is 0.151 e. The highest BCUT2D eigenvalue weighted by molar-refractivity contribution is 5.88. The summed E-state index contributed by atoms with van der Waals surface area (Å²) < 4.78 is 7.88. The van der Waals surface area contributed by atoms with Gasteiger partial charge in [0, 0.05) is 19.0 Å². The number of ether oxygens (including phenoxy) is 1. The van der Waals surface area contributed by atoms with E-state index in [0.29, 0.717) is 25.6 Å². The van der Waals surface area contributed by atoms with Crippen molar-refractivity contribution < 1.29 is 9.53 Å². The molecule has 0 fully saturated rings. The molecule has 0 aliphatic heterocycles. The first kappa shape index (κ1) is 20.0. The molecule has 0 aliphatic rings. The van der Waals surface area contributed by atoms with Crippen molar-refractivity contribution in [3.8, 4) is 0 Å². The fraction of sp³-hybridized carbons (Fsp3) is 0.409. The van der Waals surface area contributed by atoms with Crippen molar-refractivity contribution in [2.24, 2.45) is 0 Å². The van der Waals surface area contributed by atoms with Crippen LogP contribution in [0.1, 0.15) is 49.6 Å². The molecule has 0 atom stereocenters. The first-order chi connectivity index (χ1) is 13.7. The number of nitrogen functional groups attached to an aromatic ring is 1. The second kappa shape index (κ2) is 9.99.